The topological polar surface area (TPSA) is 64.1 Å². The van der Waals surface area contributed by atoms with E-state index >= 15 is 0 Å². The minimum atomic E-state index is 0.133. The first-order chi connectivity index (χ1) is 13.0. The summed E-state index contributed by atoms with van der Waals surface area (Å²) in [6.45, 7) is 7.68. The van der Waals surface area contributed by atoms with Gasteiger partial charge in [0.05, 0.1) is 6.10 Å². The van der Waals surface area contributed by atoms with E-state index in [1.807, 2.05) is 32.0 Å². The van der Waals surface area contributed by atoms with Crippen LogP contribution in [-0.4, -0.2) is 25.9 Å². The summed E-state index contributed by atoms with van der Waals surface area (Å²) in [5.74, 6) is 3.21. The van der Waals surface area contributed by atoms with E-state index in [0.717, 1.165) is 34.3 Å². The van der Waals surface area contributed by atoms with Gasteiger partial charge in [0.15, 0.2) is 17.5 Å². The van der Waals surface area contributed by atoms with Gasteiger partial charge >= 0.3 is 0 Å². The number of hydrogen-bond acceptors (Lipinski definition) is 4. The summed E-state index contributed by atoms with van der Waals surface area (Å²) < 4.78 is 16.7. The van der Waals surface area contributed by atoms with Crippen molar-refractivity contribution >= 4 is 5.96 Å². The zero-order valence-electron chi connectivity index (χ0n) is 16.3. The van der Waals surface area contributed by atoms with Crippen LogP contribution in [0.4, 0.5) is 0 Å². The smallest absolute Gasteiger partial charge is 0.231 e. The van der Waals surface area contributed by atoms with E-state index in [-0.39, 0.29) is 12.9 Å². The predicted molar refractivity (Wildman–Crippen MR) is 107 cm³/mol. The van der Waals surface area contributed by atoms with Gasteiger partial charge in [0, 0.05) is 25.7 Å². The van der Waals surface area contributed by atoms with Crippen molar-refractivity contribution in [3.8, 4) is 17.2 Å². The first kappa shape index (κ1) is 18.9. The quantitative estimate of drug-likeness (QED) is 0.604. The van der Waals surface area contributed by atoms with Gasteiger partial charge in [-0.25, -0.2) is 0 Å². The summed E-state index contributed by atoms with van der Waals surface area (Å²) in [6.07, 6.45) is 0.133. The van der Waals surface area contributed by atoms with Crippen molar-refractivity contribution in [2.75, 3.05) is 13.8 Å². The summed E-state index contributed by atoms with van der Waals surface area (Å²) in [4.78, 5) is 4.30. The second-order valence-corrected chi connectivity index (χ2v) is 6.74. The number of rotatable bonds is 6. The van der Waals surface area contributed by atoms with E-state index in [1.165, 1.54) is 5.56 Å². The van der Waals surface area contributed by atoms with Crippen molar-refractivity contribution in [1.29, 1.82) is 0 Å². The lowest BCUT2D eigenvalue weighted by Crippen LogP contribution is -2.36. The van der Waals surface area contributed by atoms with Crippen LogP contribution in [0.3, 0.4) is 0 Å². The first-order valence-corrected chi connectivity index (χ1v) is 9.14. The van der Waals surface area contributed by atoms with E-state index in [2.05, 4.69) is 40.7 Å². The Balaban J connectivity index is 1.58. The Bertz CT molecular complexity index is 818. The lowest BCUT2D eigenvalue weighted by Gasteiger charge is -2.17. The molecule has 0 atom stereocenters. The standard InChI is InChI=1S/C21H27N3O3/c1-14(2)27-19-9-15(3)5-7-17(19)12-24-21(22-4)23-11-16-6-8-18-20(10-16)26-13-25-18/h5-10,14H,11-13H2,1-4H3,(H2,22,23,24). The molecule has 27 heavy (non-hydrogen) atoms. The normalized spacial score (nSPS) is 13.0. The van der Waals surface area contributed by atoms with Gasteiger partial charge in [0.2, 0.25) is 6.79 Å². The van der Waals surface area contributed by atoms with Crippen molar-refractivity contribution in [1.82, 2.24) is 10.6 Å². The van der Waals surface area contributed by atoms with Gasteiger partial charge in [-0.3, -0.25) is 4.99 Å². The van der Waals surface area contributed by atoms with Crippen molar-refractivity contribution in [2.45, 2.75) is 40.0 Å². The van der Waals surface area contributed by atoms with Crippen LogP contribution in [0.2, 0.25) is 0 Å². The average Bonchev–Trinajstić information content (AvgIpc) is 3.10. The molecule has 0 amide bonds. The molecule has 0 saturated carbocycles. The summed E-state index contributed by atoms with van der Waals surface area (Å²) >= 11 is 0. The first-order valence-electron chi connectivity index (χ1n) is 9.14. The molecule has 144 valence electrons. The van der Waals surface area contributed by atoms with Crippen molar-refractivity contribution in [2.24, 2.45) is 4.99 Å². The van der Waals surface area contributed by atoms with Crippen molar-refractivity contribution in [3.63, 3.8) is 0 Å². The van der Waals surface area contributed by atoms with Crippen LogP contribution in [-0.2, 0) is 13.1 Å². The number of nitrogens with zero attached hydrogens (tertiary/aromatic N) is 1. The van der Waals surface area contributed by atoms with Crippen LogP contribution in [0.25, 0.3) is 0 Å². The molecule has 0 saturated heterocycles. The Hall–Kier alpha value is -2.89. The summed E-state index contributed by atoms with van der Waals surface area (Å²) in [6, 6.07) is 12.2. The lowest BCUT2D eigenvalue weighted by atomic mass is 10.1. The fraction of sp³-hybridized carbons (Fsp3) is 0.381. The van der Waals surface area contributed by atoms with Crippen molar-refractivity contribution in [3.05, 3.63) is 53.1 Å². The Morgan fingerprint density at radius 2 is 1.85 bits per heavy atom. The van der Waals surface area contributed by atoms with Gasteiger partial charge in [-0.1, -0.05) is 18.2 Å². The summed E-state index contributed by atoms with van der Waals surface area (Å²) in [5, 5.41) is 6.66. The fourth-order valence-corrected chi connectivity index (χ4v) is 2.81. The van der Waals surface area contributed by atoms with E-state index in [1.54, 1.807) is 7.05 Å². The van der Waals surface area contributed by atoms with E-state index in [9.17, 15) is 0 Å². The van der Waals surface area contributed by atoms with Crippen LogP contribution in [0.5, 0.6) is 17.2 Å². The average molecular weight is 369 g/mol. The minimum absolute atomic E-state index is 0.133. The van der Waals surface area contributed by atoms with Crippen LogP contribution in [0.1, 0.15) is 30.5 Å². The third-order valence-corrected chi connectivity index (χ3v) is 4.15. The van der Waals surface area contributed by atoms with Crippen LogP contribution in [0, 0.1) is 6.92 Å². The number of hydrogen-bond donors (Lipinski definition) is 2. The number of aryl methyl sites for hydroxylation is 1. The van der Waals surface area contributed by atoms with Gasteiger partial charge in [0.25, 0.3) is 0 Å². The molecule has 1 aliphatic heterocycles. The van der Waals surface area contributed by atoms with E-state index < -0.39 is 0 Å². The largest absolute Gasteiger partial charge is 0.491 e. The molecule has 2 aromatic rings. The molecule has 0 fully saturated rings. The molecular formula is C21H27N3O3. The van der Waals surface area contributed by atoms with Gasteiger partial charge in [-0.2, -0.15) is 0 Å². The molecule has 3 rings (SSSR count). The van der Waals surface area contributed by atoms with Crippen LogP contribution >= 0.6 is 0 Å². The maximum atomic E-state index is 5.94. The maximum Gasteiger partial charge on any atom is 0.231 e. The molecule has 0 spiro atoms. The molecule has 6 heteroatoms. The predicted octanol–water partition coefficient (Wildman–Crippen LogP) is 3.38. The van der Waals surface area contributed by atoms with Gasteiger partial charge in [-0.05, 0) is 50.1 Å². The van der Waals surface area contributed by atoms with E-state index in [0.29, 0.717) is 13.1 Å². The fourth-order valence-electron chi connectivity index (χ4n) is 2.81. The summed E-state index contributed by atoms with van der Waals surface area (Å²) in [7, 11) is 1.76. The highest BCUT2D eigenvalue weighted by Crippen LogP contribution is 2.32. The summed E-state index contributed by atoms with van der Waals surface area (Å²) in [5.41, 5.74) is 3.38. The highest BCUT2D eigenvalue weighted by molar-refractivity contribution is 5.79. The molecule has 2 aromatic carbocycles. The monoisotopic (exact) mass is 369 g/mol. The van der Waals surface area contributed by atoms with Gasteiger partial charge in [0.1, 0.15) is 5.75 Å². The Morgan fingerprint density at radius 3 is 2.63 bits per heavy atom. The number of aliphatic imine (C=N–C) groups is 1. The van der Waals surface area contributed by atoms with Gasteiger partial charge < -0.3 is 24.8 Å². The highest BCUT2D eigenvalue weighted by atomic mass is 16.7. The number of guanidine groups is 1. The molecule has 6 nitrogen and oxygen atoms in total. The molecule has 1 aliphatic rings. The number of benzene rings is 2. The van der Waals surface area contributed by atoms with Crippen molar-refractivity contribution < 1.29 is 14.2 Å². The SMILES string of the molecule is CN=C(NCc1ccc2c(c1)OCO2)NCc1ccc(C)cc1OC(C)C. The van der Waals surface area contributed by atoms with Crippen LogP contribution in [0.15, 0.2) is 41.4 Å². The molecular weight excluding hydrogens is 342 g/mol. The second kappa shape index (κ2) is 8.66. The Morgan fingerprint density at radius 1 is 1.07 bits per heavy atom. The zero-order chi connectivity index (χ0) is 19.2. The molecule has 2 N–H and O–H groups in total. The molecule has 0 aromatic heterocycles. The van der Waals surface area contributed by atoms with Gasteiger partial charge in [-0.15, -0.1) is 0 Å². The molecule has 0 bridgehead atoms. The molecule has 1 heterocycles. The second-order valence-electron chi connectivity index (χ2n) is 6.74. The van der Waals surface area contributed by atoms with Crippen LogP contribution < -0.4 is 24.8 Å². The number of ether oxygens (including phenoxy) is 3. The molecule has 0 radical (unpaired) electrons. The van der Waals surface area contributed by atoms with E-state index in [4.69, 9.17) is 14.2 Å². The zero-order valence-corrected chi connectivity index (χ0v) is 16.3. The Labute approximate surface area is 160 Å². The number of fused-ring (bicyclic) bond motifs is 1. The maximum absolute atomic E-state index is 5.94. The molecule has 0 unspecified atom stereocenters. The number of nitrogens with one attached hydrogen (secondary N) is 2. The highest BCUT2D eigenvalue weighted by Gasteiger charge is 2.13. The minimum Gasteiger partial charge on any atom is -0.491 e. The third kappa shape index (κ3) is 5.06. The third-order valence-electron chi connectivity index (χ3n) is 4.15. The Kier molecular flexibility index (Phi) is 6.06. The lowest BCUT2D eigenvalue weighted by molar-refractivity contribution is 0.174. The molecule has 0 aliphatic carbocycles.